The number of amides is 1. The third-order valence-electron chi connectivity index (χ3n) is 7.65. The molecule has 0 bridgehead atoms. The van der Waals surface area contributed by atoms with Crippen molar-refractivity contribution in [1.82, 2.24) is 5.32 Å². The number of ether oxygens (including phenoxy) is 4. The molecule has 43 heavy (non-hydrogen) atoms. The van der Waals surface area contributed by atoms with Gasteiger partial charge < -0.3 is 28.7 Å². The fourth-order valence-electron chi connectivity index (χ4n) is 5.53. The van der Waals surface area contributed by atoms with Gasteiger partial charge in [0.25, 0.3) is 0 Å². The molecule has 2 unspecified atom stereocenters. The van der Waals surface area contributed by atoms with Gasteiger partial charge in [0.2, 0.25) is 33.1 Å². The van der Waals surface area contributed by atoms with Gasteiger partial charge in [-0.05, 0) is 24.3 Å². The number of hydrogen-bond donors (Lipinski definition) is 2. The number of nitrogens with one attached hydrogen (secondary N) is 1. The van der Waals surface area contributed by atoms with E-state index >= 15 is 0 Å². The van der Waals surface area contributed by atoms with Gasteiger partial charge in [-0.25, -0.2) is 13.6 Å². The highest BCUT2D eigenvalue weighted by atomic mass is 35.5. The molecule has 1 amide bonds. The van der Waals surface area contributed by atoms with Crippen molar-refractivity contribution < 1.29 is 46.2 Å². The van der Waals surface area contributed by atoms with Gasteiger partial charge in [0, 0.05) is 36.1 Å². The van der Waals surface area contributed by atoms with Crippen LogP contribution >= 0.6 is 11.6 Å². The largest absolute Gasteiger partial charge is 0.497 e. The van der Waals surface area contributed by atoms with Crippen molar-refractivity contribution in [2.75, 3.05) is 33.6 Å². The second kappa shape index (κ2) is 11.2. The van der Waals surface area contributed by atoms with E-state index in [-0.39, 0.29) is 69.9 Å². The summed E-state index contributed by atoms with van der Waals surface area (Å²) in [5.41, 5.74) is -1.20. The normalized spacial score (nSPS) is 19.1. The minimum absolute atomic E-state index is 0.00916. The fraction of sp³-hybridized carbons (Fsp3) is 0.345. The highest BCUT2D eigenvalue weighted by Gasteiger charge is 2.63. The molecule has 1 aliphatic heterocycles. The number of furan rings is 1. The molecule has 228 valence electrons. The lowest BCUT2D eigenvalue weighted by molar-refractivity contribution is -0.120. The summed E-state index contributed by atoms with van der Waals surface area (Å²) in [5.74, 6) is -1.70. The number of nitrogens with two attached hydrogens (primary N) is 1. The zero-order valence-electron chi connectivity index (χ0n) is 23.7. The maximum absolute atomic E-state index is 14.5. The van der Waals surface area contributed by atoms with Crippen molar-refractivity contribution in [3.63, 3.8) is 0 Å². The maximum Gasteiger partial charge on any atom is 0.237 e. The molecule has 3 aromatic rings. The first kappa shape index (κ1) is 30.4. The number of halogens is 1. The highest BCUT2D eigenvalue weighted by Crippen LogP contribution is 2.54. The molecule has 0 fully saturated rings. The van der Waals surface area contributed by atoms with Crippen molar-refractivity contribution in [2.45, 2.75) is 25.4 Å². The monoisotopic (exact) mass is 632 g/mol. The molecule has 1 aliphatic carbocycles. The van der Waals surface area contributed by atoms with Crippen molar-refractivity contribution in [1.29, 1.82) is 0 Å². The van der Waals surface area contributed by atoms with Crippen LogP contribution in [0, 0.1) is 5.92 Å². The third-order valence-corrected chi connectivity index (χ3v) is 8.78. The first-order valence-electron chi connectivity index (χ1n) is 13.1. The predicted octanol–water partition coefficient (Wildman–Crippen LogP) is 2.96. The molecule has 14 heteroatoms. The first-order valence-corrected chi connectivity index (χ1v) is 15.2. The van der Waals surface area contributed by atoms with Gasteiger partial charge in [-0.2, -0.15) is 0 Å². The standard InChI is InChI=1S/C29H29ClN2O10S/c1-14-11-19-22(27(34)29(14)28(35)23-18(39-3)13-20(40-4)24(30)26(23)42-29)17(12-21(33)32-9-10-43(31,36)37)25(41-19)15-5-7-16(38-2)8-6-15/h5-8,13-14H,9-12H2,1-4H3,(H,32,33)(H2,31,36,37). The van der Waals surface area contributed by atoms with Crippen LogP contribution in [0.5, 0.6) is 23.0 Å². The van der Waals surface area contributed by atoms with E-state index in [1.54, 1.807) is 31.2 Å². The molecule has 5 rings (SSSR count). The molecule has 0 radical (unpaired) electrons. The van der Waals surface area contributed by atoms with E-state index in [4.69, 9.17) is 40.1 Å². The highest BCUT2D eigenvalue weighted by molar-refractivity contribution is 7.89. The topological polar surface area (TPSA) is 173 Å². The van der Waals surface area contributed by atoms with E-state index in [1.165, 1.54) is 27.4 Å². The minimum Gasteiger partial charge on any atom is -0.497 e. The van der Waals surface area contributed by atoms with Gasteiger partial charge in [-0.15, -0.1) is 0 Å². The smallest absolute Gasteiger partial charge is 0.237 e. The van der Waals surface area contributed by atoms with Crippen LogP contribution in [-0.2, 0) is 27.7 Å². The summed E-state index contributed by atoms with van der Waals surface area (Å²) in [6.07, 6.45) is -0.242. The molecule has 12 nitrogen and oxygen atoms in total. The fourth-order valence-corrected chi connectivity index (χ4v) is 6.18. The summed E-state index contributed by atoms with van der Waals surface area (Å²) >= 11 is 6.53. The number of carbonyl (C=O) groups is 3. The Bertz CT molecular complexity index is 1750. The number of ketones is 2. The van der Waals surface area contributed by atoms with E-state index in [0.717, 1.165) is 0 Å². The Kier molecular flexibility index (Phi) is 7.92. The molecule has 1 spiro atoms. The number of methoxy groups -OCH3 is 3. The van der Waals surface area contributed by atoms with Gasteiger partial charge in [0.1, 0.15) is 39.4 Å². The summed E-state index contributed by atoms with van der Waals surface area (Å²) in [6, 6.07) is 8.25. The lowest BCUT2D eigenvalue weighted by atomic mass is 9.70. The average Bonchev–Trinajstić information content (AvgIpc) is 3.48. The van der Waals surface area contributed by atoms with Crippen molar-refractivity contribution in [2.24, 2.45) is 11.1 Å². The lowest BCUT2D eigenvalue weighted by Gasteiger charge is -2.35. The lowest BCUT2D eigenvalue weighted by Crippen LogP contribution is -2.56. The third kappa shape index (κ3) is 5.11. The van der Waals surface area contributed by atoms with Crippen LogP contribution in [0.2, 0.25) is 5.02 Å². The quantitative estimate of drug-likeness (QED) is 0.334. The Balaban J connectivity index is 1.62. The number of fused-ring (bicyclic) bond motifs is 2. The van der Waals surface area contributed by atoms with Crippen LogP contribution in [0.4, 0.5) is 0 Å². The van der Waals surface area contributed by atoms with Crippen molar-refractivity contribution >= 4 is 39.1 Å². The van der Waals surface area contributed by atoms with Crippen molar-refractivity contribution in [3.05, 3.63) is 57.8 Å². The molecule has 2 aliphatic rings. The maximum atomic E-state index is 14.5. The zero-order chi connectivity index (χ0) is 31.3. The summed E-state index contributed by atoms with van der Waals surface area (Å²) in [6.45, 7) is 1.46. The minimum atomic E-state index is -3.81. The number of hydrogen-bond acceptors (Lipinski definition) is 10. The number of sulfonamides is 1. The molecule has 2 atom stereocenters. The molecule has 3 N–H and O–H groups in total. The predicted molar refractivity (Wildman–Crippen MR) is 155 cm³/mol. The van der Waals surface area contributed by atoms with Gasteiger partial charge in [0.15, 0.2) is 5.75 Å². The summed E-state index contributed by atoms with van der Waals surface area (Å²) in [5, 5.41) is 7.56. The van der Waals surface area contributed by atoms with E-state index in [2.05, 4.69) is 5.32 Å². The Labute approximate surface area is 252 Å². The SMILES string of the molecule is COc1ccc(-c2oc3c(c2CC(=O)NCCS(N)(=O)=O)C(=O)C2(Oc4c(Cl)c(OC)cc(OC)c4C2=O)C(C)C3)cc1. The van der Waals surface area contributed by atoms with Crippen LogP contribution in [0.1, 0.15) is 39.0 Å². The summed E-state index contributed by atoms with van der Waals surface area (Å²) in [4.78, 5) is 41.7. The van der Waals surface area contributed by atoms with Crippen LogP contribution in [0.25, 0.3) is 11.3 Å². The summed E-state index contributed by atoms with van der Waals surface area (Å²) in [7, 11) is 0.471. The van der Waals surface area contributed by atoms with Gasteiger partial charge in [-0.3, -0.25) is 14.4 Å². The number of primary sulfonamides is 1. The van der Waals surface area contributed by atoms with Crippen LogP contribution in [0.3, 0.4) is 0 Å². The Morgan fingerprint density at radius 3 is 2.33 bits per heavy atom. The van der Waals surface area contributed by atoms with Gasteiger partial charge >= 0.3 is 0 Å². The number of rotatable bonds is 9. The Hall–Kier alpha value is -4.07. The van der Waals surface area contributed by atoms with E-state index < -0.39 is 44.8 Å². The van der Waals surface area contributed by atoms with Gasteiger partial charge in [-0.1, -0.05) is 18.5 Å². The molecule has 2 aromatic carbocycles. The molecular formula is C29H29ClN2O10S. The second-order valence-electron chi connectivity index (χ2n) is 10.2. The van der Waals surface area contributed by atoms with Gasteiger partial charge in [0.05, 0.1) is 39.1 Å². The van der Waals surface area contributed by atoms with Crippen LogP contribution in [-0.4, -0.2) is 65.1 Å². The average molecular weight is 633 g/mol. The summed E-state index contributed by atoms with van der Waals surface area (Å²) < 4.78 is 51.1. The van der Waals surface area contributed by atoms with E-state index in [1.807, 2.05) is 0 Å². The van der Waals surface area contributed by atoms with Crippen LogP contribution < -0.4 is 29.4 Å². The Morgan fingerprint density at radius 1 is 1.07 bits per heavy atom. The van der Waals surface area contributed by atoms with E-state index in [9.17, 15) is 22.8 Å². The number of carbonyl (C=O) groups excluding carboxylic acids is 3. The molecule has 1 aromatic heterocycles. The van der Waals surface area contributed by atoms with Crippen LogP contribution in [0.15, 0.2) is 34.7 Å². The Morgan fingerprint density at radius 2 is 1.72 bits per heavy atom. The molecule has 2 heterocycles. The zero-order valence-corrected chi connectivity index (χ0v) is 25.3. The van der Waals surface area contributed by atoms with Crippen molar-refractivity contribution in [3.8, 4) is 34.3 Å². The molecule has 0 saturated heterocycles. The van der Waals surface area contributed by atoms with E-state index in [0.29, 0.717) is 11.3 Å². The number of Topliss-reactive ketones (excluding diaryl/α,β-unsaturated/α-hetero) is 2. The number of benzene rings is 2. The second-order valence-corrected chi connectivity index (χ2v) is 12.3. The molecular weight excluding hydrogens is 604 g/mol. The first-order chi connectivity index (χ1) is 20.4. The molecule has 0 saturated carbocycles.